The average Bonchev–Trinajstić information content (AvgIpc) is 3.41. The number of anilines is 1. The summed E-state index contributed by atoms with van der Waals surface area (Å²) in [4.78, 5) is 5.62. The highest BCUT2D eigenvalue weighted by molar-refractivity contribution is 5.85. The van der Waals surface area contributed by atoms with E-state index in [2.05, 4.69) is 10.3 Å². The number of alkyl halides is 5. The third-order valence-corrected chi connectivity index (χ3v) is 7.56. The van der Waals surface area contributed by atoms with Crippen molar-refractivity contribution in [3.05, 3.63) is 64.9 Å². The maximum Gasteiger partial charge on any atom is 0.282 e. The van der Waals surface area contributed by atoms with E-state index in [0.29, 0.717) is 17.6 Å². The van der Waals surface area contributed by atoms with Crippen LogP contribution in [-0.2, 0) is 6.42 Å². The number of benzene rings is 2. The van der Waals surface area contributed by atoms with E-state index < -0.39 is 60.9 Å². The molecule has 0 saturated carbocycles. The fourth-order valence-electron chi connectivity index (χ4n) is 5.87. The van der Waals surface area contributed by atoms with E-state index in [9.17, 15) is 22.0 Å². The molecular formula is C27H29F7N4. The van der Waals surface area contributed by atoms with Gasteiger partial charge in [-0.1, -0.05) is 18.2 Å². The minimum absolute atomic E-state index is 0.0262. The maximum atomic E-state index is 15.6. The van der Waals surface area contributed by atoms with Crippen molar-refractivity contribution in [3.8, 4) is 0 Å². The number of rotatable bonds is 8. The average molecular weight is 543 g/mol. The summed E-state index contributed by atoms with van der Waals surface area (Å²) in [5, 5.41) is 3.58. The number of nitrogens with zero attached hydrogens (tertiary/aromatic N) is 2. The summed E-state index contributed by atoms with van der Waals surface area (Å²) in [5.41, 5.74) is 1.01. The lowest BCUT2D eigenvalue weighted by molar-refractivity contribution is -0.0845. The van der Waals surface area contributed by atoms with Crippen LogP contribution in [0.4, 0.5) is 36.4 Å². The van der Waals surface area contributed by atoms with Gasteiger partial charge in [-0.15, -0.1) is 0 Å². The van der Waals surface area contributed by atoms with Gasteiger partial charge in [-0.05, 0) is 43.5 Å². The second-order valence-corrected chi connectivity index (χ2v) is 10.1. The largest absolute Gasteiger partial charge is 0.378 e. The topological polar surface area (TPSA) is 34.3 Å². The molecule has 2 N–H and O–H groups in total. The number of hydrogen-bond acceptors (Lipinski definition) is 3. The number of aromatic nitrogens is 1. The Morgan fingerprint density at radius 3 is 2.47 bits per heavy atom. The molecule has 3 aromatic rings. The number of hydrogen-bond donors (Lipinski definition) is 2. The maximum absolute atomic E-state index is 15.6. The fourth-order valence-corrected chi connectivity index (χ4v) is 5.87. The van der Waals surface area contributed by atoms with Crippen molar-refractivity contribution in [3.63, 3.8) is 0 Å². The monoisotopic (exact) mass is 542 g/mol. The SMILES string of the molecule is C[C@@H]1Cc2c([nH]c3ccccc23)[C@H](c2c(F)cc(NC3CN(CCCF)CC3F)cc2F)N1C(F)C(F)F. The smallest absolute Gasteiger partial charge is 0.282 e. The molecule has 0 spiro atoms. The number of halogens is 7. The summed E-state index contributed by atoms with van der Waals surface area (Å²) in [6.07, 6.45) is -7.00. The van der Waals surface area contributed by atoms with Crippen LogP contribution in [0.15, 0.2) is 36.4 Å². The Hall–Kier alpha value is -2.79. The van der Waals surface area contributed by atoms with Crippen molar-refractivity contribution in [2.75, 3.05) is 31.6 Å². The Morgan fingerprint density at radius 1 is 1.08 bits per heavy atom. The van der Waals surface area contributed by atoms with Gasteiger partial charge < -0.3 is 10.3 Å². The number of H-pyrrole nitrogens is 1. The molecule has 2 aliphatic rings. The Morgan fingerprint density at radius 2 is 1.79 bits per heavy atom. The van der Waals surface area contributed by atoms with Crippen molar-refractivity contribution in [1.82, 2.24) is 14.8 Å². The van der Waals surface area contributed by atoms with Crippen LogP contribution in [0.5, 0.6) is 0 Å². The van der Waals surface area contributed by atoms with Gasteiger partial charge in [0.25, 0.3) is 6.43 Å². The molecule has 3 heterocycles. The van der Waals surface area contributed by atoms with Gasteiger partial charge in [-0.3, -0.25) is 14.2 Å². The van der Waals surface area contributed by atoms with Gasteiger partial charge in [0.15, 0.2) is 0 Å². The Labute approximate surface area is 215 Å². The van der Waals surface area contributed by atoms with Crippen LogP contribution in [0.2, 0.25) is 0 Å². The Kier molecular flexibility index (Phi) is 7.59. The molecule has 0 radical (unpaired) electrons. The first kappa shape index (κ1) is 26.8. The summed E-state index contributed by atoms with van der Waals surface area (Å²) >= 11 is 0. The summed E-state index contributed by atoms with van der Waals surface area (Å²) in [7, 11) is 0. The Bertz CT molecular complexity index is 1260. The van der Waals surface area contributed by atoms with Crippen LogP contribution in [0.1, 0.15) is 36.2 Å². The quantitative estimate of drug-likeness (QED) is 0.265. The van der Waals surface area contributed by atoms with Crippen molar-refractivity contribution in [2.24, 2.45) is 0 Å². The van der Waals surface area contributed by atoms with E-state index >= 15 is 8.78 Å². The number of para-hydroxylation sites is 1. The van der Waals surface area contributed by atoms with Gasteiger partial charge in [0.1, 0.15) is 17.8 Å². The predicted octanol–water partition coefficient (Wildman–Crippen LogP) is 6.14. The first-order valence-corrected chi connectivity index (χ1v) is 12.7. The molecule has 0 aliphatic carbocycles. The van der Waals surface area contributed by atoms with E-state index in [1.165, 1.54) is 0 Å². The van der Waals surface area contributed by atoms with Crippen LogP contribution in [0.3, 0.4) is 0 Å². The van der Waals surface area contributed by atoms with Crippen molar-refractivity contribution in [2.45, 2.75) is 56.8 Å². The van der Waals surface area contributed by atoms with Crippen LogP contribution in [-0.4, -0.2) is 72.1 Å². The van der Waals surface area contributed by atoms with Crippen molar-refractivity contribution >= 4 is 16.6 Å². The number of fused-ring (bicyclic) bond motifs is 3. The van der Waals surface area contributed by atoms with Gasteiger partial charge in [0.2, 0.25) is 6.30 Å². The molecule has 2 aliphatic heterocycles. The highest BCUT2D eigenvalue weighted by Crippen LogP contribution is 2.44. The van der Waals surface area contributed by atoms with Crippen molar-refractivity contribution in [1.29, 1.82) is 0 Å². The molecule has 0 amide bonds. The zero-order chi connectivity index (χ0) is 27.1. The molecule has 206 valence electrons. The molecule has 5 rings (SSSR count). The van der Waals surface area contributed by atoms with Crippen LogP contribution in [0, 0.1) is 11.6 Å². The number of aromatic amines is 1. The Balaban J connectivity index is 1.52. The summed E-state index contributed by atoms with van der Waals surface area (Å²) in [6, 6.07) is 6.06. The van der Waals surface area contributed by atoms with Crippen molar-refractivity contribution < 1.29 is 30.7 Å². The van der Waals surface area contributed by atoms with E-state index in [1.807, 2.05) is 6.07 Å². The van der Waals surface area contributed by atoms with Gasteiger partial charge in [-0.2, -0.15) is 0 Å². The third kappa shape index (κ3) is 4.86. The summed E-state index contributed by atoms with van der Waals surface area (Å²) in [6.45, 7) is 1.70. The predicted molar refractivity (Wildman–Crippen MR) is 132 cm³/mol. The normalized spacial score (nSPS) is 25.3. The van der Waals surface area contributed by atoms with Crippen LogP contribution in [0.25, 0.3) is 10.9 Å². The molecule has 0 bridgehead atoms. The van der Waals surface area contributed by atoms with Crippen LogP contribution < -0.4 is 5.32 Å². The number of likely N-dealkylation sites (tertiary alicyclic amines) is 1. The van der Waals surface area contributed by atoms with Gasteiger partial charge >= 0.3 is 0 Å². The molecule has 3 unspecified atom stereocenters. The minimum Gasteiger partial charge on any atom is -0.378 e. The highest BCUT2D eigenvalue weighted by atomic mass is 19.3. The van der Waals surface area contributed by atoms with E-state index in [1.54, 1.807) is 30.0 Å². The second-order valence-electron chi connectivity index (χ2n) is 10.1. The molecule has 4 nitrogen and oxygen atoms in total. The first-order chi connectivity index (χ1) is 18.2. The molecule has 38 heavy (non-hydrogen) atoms. The molecular weight excluding hydrogens is 513 g/mol. The van der Waals surface area contributed by atoms with Gasteiger partial charge in [-0.25, -0.2) is 26.3 Å². The van der Waals surface area contributed by atoms with E-state index in [4.69, 9.17) is 0 Å². The standard InChI is InChI=1S/C27H29F7N4/c1-14-9-17-16-5-2-3-6-21(16)36-24(17)25(38(14)27(34)26(32)33)23-18(29)10-15(11-19(23)30)35-22-13-37(8-4-7-28)12-20(22)31/h2-3,5-6,10-11,14,20,22,25-27,35-36H,4,7-9,12-13H2,1H3/t14-,20?,22?,25+,27?/m1/s1. The van der Waals surface area contributed by atoms with E-state index in [0.717, 1.165) is 22.4 Å². The van der Waals surface area contributed by atoms with Gasteiger partial charge in [0.05, 0.1) is 18.8 Å². The molecule has 2 aromatic carbocycles. The van der Waals surface area contributed by atoms with Crippen LogP contribution >= 0.6 is 0 Å². The molecule has 5 atom stereocenters. The van der Waals surface area contributed by atoms with E-state index in [-0.39, 0.29) is 37.3 Å². The third-order valence-electron chi connectivity index (χ3n) is 7.56. The lowest BCUT2D eigenvalue weighted by atomic mass is 9.87. The number of nitrogens with one attached hydrogen (secondary N) is 2. The zero-order valence-corrected chi connectivity index (χ0v) is 20.7. The molecule has 1 fully saturated rings. The zero-order valence-electron chi connectivity index (χ0n) is 20.7. The first-order valence-electron chi connectivity index (χ1n) is 12.7. The lowest BCUT2D eigenvalue weighted by Gasteiger charge is -2.42. The van der Waals surface area contributed by atoms with Gasteiger partial charge in [0, 0.05) is 53.5 Å². The molecule has 1 saturated heterocycles. The lowest BCUT2D eigenvalue weighted by Crippen LogP contribution is -2.50. The summed E-state index contributed by atoms with van der Waals surface area (Å²) in [5.74, 6) is -2.13. The molecule has 11 heteroatoms. The fraction of sp³-hybridized carbons (Fsp3) is 0.481. The highest BCUT2D eigenvalue weighted by Gasteiger charge is 2.45. The minimum atomic E-state index is -3.39. The molecule has 1 aromatic heterocycles. The second kappa shape index (κ2) is 10.8. The summed E-state index contributed by atoms with van der Waals surface area (Å²) < 4.78 is 100.